The molecule has 1 fully saturated rings. The summed E-state index contributed by atoms with van der Waals surface area (Å²) in [5.41, 5.74) is 3.44. The van der Waals surface area contributed by atoms with Crippen molar-refractivity contribution in [1.82, 2.24) is 44.2 Å². The average Bonchev–Trinajstić information content (AvgIpc) is 3.79. The fourth-order valence-electron chi connectivity index (χ4n) is 7.01. The number of benzene rings is 1. The van der Waals surface area contributed by atoms with Crippen LogP contribution >= 0.6 is 0 Å². The van der Waals surface area contributed by atoms with E-state index in [1.165, 1.54) is 17.1 Å². The maximum atomic E-state index is 14.8. The summed E-state index contributed by atoms with van der Waals surface area (Å²) in [6, 6.07) is 10.1. The zero-order valence-corrected chi connectivity index (χ0v) is 27.1. The highest BCUT2D eigenvalue weighted by Gasteiger charge is 2.41. The number of carbonyl (C=O) groups is 1. The molecule has 0 saturated carbocycles. The van der Waals surface area contributed by atoms with Crippen molar-refractivity contribution < 1.29 is 18.3 Å². The summed E-state index contributed by atoms with van der Waals surface area (Å²) in [4.78, 5) is 41.6. The molecule has 1 saturated heterocycles. The van der Waals surface area contributed by atoms with E-state index in [0.29, 0.717) is 66.7 Å². The van der Waals surface area contributed by atoms with Crippen molar-refractivity contribution in [2.45, 2.75) is 45.0 Å². The number of likely N-dealkylation sites (N-methyl/N-ethyl adjacent to an activating group) is 1. The summed E-state index contributed by atoms with van der Waals surface area (Å²) in [5.74, 6) is 0.347. The third-order valence-corrected chi connectivity index (χ3v) is 9.17. The van der Waals surface area contributed by atoms with Gasteiger partial charge in [0.1, 0.15) is 47.0 Å². The molecule has 3 atom stereocenters. The number of anilines is 2. The average molecular weight is 666 g/mol. The lowest BCUT2D eigenvalue weighted by molar-refractivity contribution is -0.133. The molecule has 0 unspecified atom stereocenters. The molecule has 1 N–H and O–H groups in total. The van der Waals surface area contributed by atoms with E-state index in [2.05, 4.69) is 25.0 Å². The second-order valence-corrected chi connectivity index (χ2v) is 12.3. The third-order valence-electron chi connectivity index (χ3n) is 9.17. The van der Waals surface area contributed by atoms with E-state index in [4.69, 9.17) is 19.7 Å². The second kappa shape index (κ2) is 12.1. The fourth-order valence-corrected chi connectivity index (χ4v) is 7.01. The minimum absolute atomic E-state index is 0.0465. The van der Waals surface area contributed by atoms with Crippen LogP contribution in [0, 0.1) is 18.6 Å². The first-order valence-electron chi connectivity index (χ1n) is 16.1. The van der Waals surface area contributed by atoms with Gasteiger partial charge in [0, 0.05) is 45.0 Å². The molecule has 2 aliphatic heterocycles. The van der Waals surface area contributed by atoms with E-state index in [-0.39, 0.29) is 23.7 Å². The Morgan fingerprint density at radius 2 is 1.92 bits per heavy atom. The molecule has 0 radical (unpaired) electrons. The van der Waals surface area contributed by atoms with Gasteiger partial charge in [-0.1, -0.05) is 6.07 Å². The van der Waals surface area contributed by atoms with E-state index < -0.39 is 17.7 Å². The molecule has 1 aromatic carbocycles. The van der Waals surface area contributed by atoms with Crippen molar-refractivity contribution in [1.29, 1.82) is 0 Å². The number of hydrogen-bond acceptors (Lipinski definition) is 10. The second-order valence-electron chi connectivity index (χ2n) is 12.3. The molecule has 13 nitrogen and oxygen atoms in total. The van der Waals surface area contributed by atoms with Crippen LogP contribution < -0.4 is 10.2 Å². The minimum Gasteiger partial charge on any atom is -0.375 e. The first-order chi connectivity index (χ1) is 23.8. The van der Waals surface area contributed by atoms with Crippen molar-refractivity contribution in [2.24, 2.45) is 0 Å². The van der Waals surface area contributed by atoms with E-state index in [0.717, 1.165) is 29.0 Å². The topological polar surface area (TPSA) is 132 Å². The molecule has 49 heavy (non-hydrogen) atoms. The number of amides is 1. The van der Waals surface area contributed by atoms with Crippen molar-refractivity contribution in [3.63, 3.8) is 0 Å². The van der Waals surface area contributed by atoms with Gasteiger partial charge in [0.25, 0.3) is 0 Å². The maximum Gasteiger partial charge on any atom is 0.245 e. The monoisotopic (exact) mass is 665 g/mol. The Morgan fingerprint density at radius 3 is 2.76 bits per heavy atom. The lowest BCUT2D eigenvalue weighted by atomic mass is 10.1. The molecule has 0 spiro atoms. The predicted octanol–water partition coefficient (Wildman–Crippen LogP) is 4.15. The van der Waals surface area contributed by atoms with Crippen molar-refractivity contribution in [3.05, 3.63) is 78.6 Å². The predicted molar refractivity (Wildman–Crippen MR) is 178 cm³/mol. The fraction of sp³-hybridized carbons (Fsp3) is 0.324. The summed E-state index contributed by atoms with van der Waals surface area (Å²) in [6.07, 6.45) is 4.76. The number of halogens is 2. The van der Waals surface area contributed by atoms with Gasteiger partial charge in [0.05, 0.1) is 41.0 Å². The largest absolute Gasteiger partial charge is 0.375 e. The van der Waals surface area contributed by atoms with Gasteiger partial charge in [-0.2, -0.15) is 5.10 Å². The molecule has 2 aliphatic rings. The summed E-state index contributed by atoms with van der Waals surface area (Å²) in [6.45, 7) is 5.54. The Bertz CT molecular complexity index is 2220. The molecular weight excluding hydrogens is 632 g/mol. The number of fused-ring (bicyclic) bond motifs is 6. The van der Waals surface area contributed by atoms with Gasteiger partial charge in [-0.15, -0.1) is 0 Å². The number of nitrogens with zero attached hydrogens (tertiary/aromatic N) is 10. The van der Waals surface area contributed by atoms with Crippen LogP contribution in [0.4, 0.5) is 20.4 Å². The number of nitrogens with one attached hydrogen (secondary N) is 1. The maximum absolute atomic E-state index is 14.8. The summed E-state index contributed by atoms with van der Waals surface area (Å²) in [5, 5.41) is 8.46. The molecule has 4 bridgehead atoms. The molecular formula is C34H33F2N11O2. The molecule has 0 aliphatic carbocycles. The summed E-state index contributed by atoms with van der Waals surface area (Å²) >= 11 is 0. The first kappa shape index (κ1) is 30.7. The van der Waals surface area contributed by atoms with Gasteiger partial charge in [0.2, 0.25) is 5.91 Å². The Morgan fingerprint density at radius 1 is 1.04 bits per heavy atom. The molecule has 1 amide bonds. The van der Waals surface area contributed by atoms with Crippen LogP contribution in [0.5, 0.6) is 0 Å². The molecule has 15 heteroatoms. The number of imidazole rings is 1. The Balaban J connectivity index is 1.22. The van der Waals surface area contributed by atoms with E-state index >= 15 is 0 Å². The van der Waals surface area contributed by atoms with E-state index in [1.807, 2.05) is 43.0 Å². The van der Waals surface area contributed by atoms with Crippen LogP contribution in [0.2, 0.25) is 0 Å². The van der Waals surface area contributed by atoms with Gasteiger partial charge in [-0.25, -0.2) is 33.4 Å². The van der Waals surface area contributed by atoms with Crippen LogP contribution in [0.25, 0.3) is 39.1 Å². The highest BCUT2D eigenvalue weighted by Crippen LogP contribution is 2.34. The van der Waals surface area contributed by atoms with Crippen LogP contribution in [0.3, 0.4) is 0 Å². The standard InChI is InChI=1S/C34H33F2N11O2/c1-4-49-22-16-44(3)34(48)28-13-21(42-29-7-5-6-25(43-29)30-31-26(10-11-37-30)41-19(2)45(31)17-22)15-46(28)32-23-14-40-47(33(23)39-18-38-32)27-9-8-20(35)12-24(27)36/h5-12,14,18,21-22,28H,4,13,15-17H2,1-3H3,(H,42,43)/t21-,22+,28-/m0/s1. The number of aryl methyl sites for hydroxylation is 1. The lowest BCUT2D eigenvalue weighted by Gasteiger charge is -2.31. The van der Waals surface area contributed by atoms with Crippen LogP contribution in [0.15, 0.2) is 61.2 Å². The molecule has 250 valence electrons. The van der Waals surface area contributed by atoms with Crippen molar-refractivity contribution in [3.8, 4) is 17.1 Å². The number of carbonyl (C=O) groups excluding carboxylic acids is 1. The highest BCUT2D eigenvalue weighted by molar-refractivity contribution is 5.93. The number of ether oxygens (including phenoxy) is 1. The molecule has 5 aromatic heterocycles. The smallest absolute Gasteiger partial charge is 0.245 e. The van der Waals surface area contributed by atoms with E-state index in [1.54, 1.807) is 24.3 Å². The summed E-state index contributed by atoms with van der Waals surface area (Å²) < 4.78 is 38.1. The number of pyridine rings is 2. The van der Waals surface area contributed by atoms with Gasteiger partial charge in [0.15, 0.2) is 11.5 Å². The SMILES string of the molecule is CCO[C@@H]1CN(C)C(=O)[C@@H]2C[C@@H](CN2c2ncnc3c2cnn3-c2ccc(F)cc2F)Nc2cccc(n2)-c2nccc3nc(C)n(c23)C1. The molecule has 6 aromatic rings. The van der Waals surface area contributed by atoms with Gasteiger partial charge in [-0.3, -0.25) is 9.78 Å². The first-order valence-corrected chi connectivity index (χ1v) is 16.1. The van der Waals surface area contributed by atoms with Crippen LogP contribution in [0.1, 0.15) is 19.2 Å². The zero-order valence-electron chi connectivity index (χ0n) is 27.1. The molecule has 7 heterocycles. The van der Waals surface area contributed by atoms with Crippen molar-refractivity contribution in [2.75, 3.05) is 37.0 Å². The molecule has 8 rings (SSSR count). The summed E-state index contributed by atoms with van der Waals surface area (Å²) in [7, 11) is 1.78. The Hall–Kier alpha value is -5.57. The highest BCUT2D eigenvalue weighted by atomic mass is 19.1. The van der Waals surface area contributed by atoms with Gasteiger partial charge >= 0.3 is 0 Å². The lowest BCUT2D eigenvalue weighted by Crippen LogP contribution is -2.47. The Kier molecular flexibility index (Phi) is 7.62. The van der Waals surface area contributed by atoms with Crippen molar-refractivity contribution >= 4 is 39.6 Å². The van der Waals surface area contributed by atoms with Gasteiger partial charge in [-0.05, 0) is 50.6 Å². The normalized spacial score (nSPS) is 19.7. The zero-order chi connectivity index (χ0) is 33.8. The van der Waals surface area contributed by atoms with Gasteiger partial charge < -0.3 is 24.4 Å². The van der Waals surface area contributed by atoms with Crippen LogP contribution in [-0.4, -0.2) is 95.0 Å². The Labute approximate surface area is 279 Å². The van der Waals surface area contributed by atoms with E-state index in [9.17, 15) is 13.6 Å². The third kappa shape index (κ3) is 5.39. The minimum atomic E-state index is -0.776. The number of hydrogen-bond donors (Lipinski definition) is 1. The number of rotatable bonds is 4. The quantitative estimate of drug-likeness (QED) is 0.293. The van der Waals surface area contributed by atoms with Crippen LogP contribution in [-0.2, 0) is 16.1 Å². The number of aromatic nitrogens is 8.